The van der Waals surface area contributed by atoms with Crippen molar-refractivity contribution in [1.29, 1.82) is 0 Å². The first-order chi connectivity index (χ1) is 23.2. The standard InChI is InChI=1S/C32H29Cl2F4N7O4/c1-4-19-27(20(5-2)41-14-40-19)45-26-16(25-29(31(45)48)49-10-7-15-13-42(22(46)6-3)8-9-43(15)25)11-21(32(36,37)38)44(30(26)47)28-23(35)17(33)12-18(34)24(28)39/h6,11-12,14-15H,3-5,7-10,13,39H2,1-2H3. The summed E-state index contributed by atoms with van der Waals surface area (Å²) in [5, 5.41) is -1.39. The number of benzene rings is 1. The lowest BCUT2D eigenvalue weighted by Gasteiger charge is -2.42. The number of nitrogens with two attached hydrogens (primary N) is 1. The lowest BCUT2D eigenvalue weighted by atomic mass is 10.0. The van der Waals surface area contributed by atoms with E-state index in [2.05, 4.69) is 16.5 Å². The van der Waals surface area contributed by atoms with Crippen molar-refractivity contribution in [1.82, 2.24) is 24.0 Å². The van der Waals surface area contributed by atoms with Gasteiger partial charge in [0.25, 0.3) is 11.1 Å². The van der Waals surface area contributed by atoms with Crippen LogP contribution in [0.5, 0.6) is 5.75 Å². The molecule has 0 bridgehead atoms. The molecule has 3 aromatic heterocycles. The molecule has 258 valence electrons. The van der Waals surface area contributed by atoms with Gasteiger partial charge in [0.1, 0.15) is 23.2 Å². The summed E-state index contributed by atoms with van der Waals surface area (Å²) in [5.41, 5.74) is 0.507. The molecule has 5 heterocycles. The first kappa shape index (κ1) is 34.2. The van der Waals surface area contributed by atoms with E-state index in [9.17, 15) is 14.4 Å². The van der Waals surface area contributed by atoms with Gasteiger partial charge in [-0.3, -0.25) is 23.5 Å². The zero-order valence-electron chi connectivity index (χ0n) is 26.2. The fourth-order valence-corrected chi connectivity index (χ4v) is 7.01. The Labute approximate surface area is 286 Å². The number of carbonyl (C=O) groups excluding carboxylic acids is 1. The van der Waals surface area contributed by atoms with Gasteiger partial charge < -0.3 is 20.3 Å². The van der Waals surface area contributed by atoms with Crippen molar-refractivity contribution in [2.45, 2.75) is 45.3 Å². The Kier molecular flexibility index (Phi) is 8.86. The van der Waals surface area contributed by atoms with Crippen LogP contribution in [0, 0.1) is 5.82 Å². The second kappa shape index (κ2) is 12.7. The molecule has 6 rings (SSSR count). The molecule has 1 unspecified atom stereocenters. The van der Waals surface area contributed by atoms with E-state index >= 15 is 17.6 Å². The molecule has 11 nitrogen and oxygen atoms in total. The summed E-state index contributed by atoms with van der Waals surface area (Å²) in [6, 6.07) is 1.06. The Bertz CT molecular complexity index is 2120. The van der Waals surface area contributed by atoms with Crippen molar-refractivity contribution in [2.24, 2.45) is 0 Å². The highest BCUT2D eigenvalue weighted by Gasteiger charge is 2.41. The molecule has 1 amide bonds. The molecular formula is C32H29Cl2F4N7O4. The van der Waals surface area contributed by atoms with Crippen LogP contribution >= 0.6 is 23.2 Å². The van der Waals surface area contributed by atoms with Crippen molar-refractivity contribution < 1.29 is 27.1 Å². The monoisotopic (exact) mass is 721 g/mol. The van der Waals surface area contributed by atoms with Crippen LogP contribution in [0.25, 0.3) is 22.3 Å². The van der Waals surface area contributed by atoms with Crippen molar-refractivity contribution in [2.75, 3.05) is 36.9 Å². The number of halogens is 6. The Hall–Kier alpha value is -4.63. The summed E-state index contributed by atoms with van der Waals surface area (Å²) in [5.74, 6) is -2.07. The third kappa shape index (κ3) is 5.48. The van der Waals surface area contributed by atoms with Crippen LogP contribution in [-0.2, 0) is 23.8 Å². The molecule has 0 saturated carbocycles. The quantitative estimate of drug-likeness (QED) is 0.131. The molecular weight excluding hydrogens is 693 g/mol. The minimum absolute atomic E-state index is 0.0243. The van der Waals surface area contributed by atoms with Gasteiger partial charge in [-0.05, 0) is 31.1 Å². The lowest BCUT2D eigenvalue weighted by molar-refractivity contribution is -0.142. The minimum atomic E-state index is -5.27. The number of hydrogen-bond acceptors (Lipinski definition) is 8. The maximum Gasteiger partial charge on any atom is 0.431 e. The Morgan fingerprint density at radius 2 is 1.71 bits per heavy atom. The maximum atomic E-state index is 15.7. The lowest BCUT2D eigenvalue weighted by Crippen LogP contribution is -2.54. The highest BCUT2D eigenvalue weighted by molar-refractivity contribution is 6.37. The fraction of sp³-hybridized carbons (Fsp3) is 0.344. The number of nitrogen functional groups attached to an aromatic ring is 1. The highest BCUT2D eigenvalue weighted by atomic mass is 35.5. The molecule has 2 N–H and O–H groups in total. The van der Waals surface area contributed by atoms with E-state index in [0.717, 1.165) is 16.7 Å². The number of ether oxygens (including phenoxy) is 1. The van der Waals surface area contributed by atoms with E-state index in [1.54, 1.807) is 18.7 Å². The minimum Gasteiger partial charge on any atom is -0.486 e. The Morgan fingerprint density at radius 3 is 2.33 bits per heavy atom. The number of rotatable bonds is 5. The average molecular weight is 723 g/mol. The number of aromatic nitrogens is 4. The summed E-state index contributed by atoms with van der Waals surface area (Å²) in [6.07, 6.45) is -2.04. The van der Waals surface area contributed by atoms with Gasteiger partial charge in [-0.15, -0.1) is 0 Å². The second-order valence-electron chi connectivity index (χ2n) is 11.5. The molecule has 0 radical (unpaired) electrons. The molecule has 0 spiro atoms. The van der Waals surface area contributed by atoms with Crippen molar-refractivity contribution in [3.63, 3.8) is 0 Å². The molecule has 1 aromatic carbocycles. The van der Waals surface area contributed by atoms with Gasteiger partial charge in [-0.1, -0.05) is 43.6 Å². The SMILES string of the molecule is C=CC(=O)N1CCN2c3c(c(=O)n(-c4c(CC)ncnc4CC)c4c(=O)n(-c5c(N)c(Cl)cc(Cl)c5F)c(C(F)(F)F)cc34)OCCC2C1. The van der Waals surface area contributed by atoms with Crippen LogP contribution in [0.1, 0.15) is 37.4 Å². The fourth-order valence-electron chi connectivity index (χ4n) is 6.55. The largest absolute Gasteiger partial charge is 0.486 e. The topological polar surface area (TPSA) is 129 Å². The summed E-state index contributed by atoms with van der Waals surface area (Å²) in [4.78, 5) is 53.8. The van der Waals surface area contributed by atoms with E-state index in [-0.39, 0.29) is 78.5 Å². The number of pyridine rings is 2. The molecule has 1 fully saturated rings. The van der Waals surface area contributed by atoms with Crippen LogP contribution in [0.15, 0.2) is 40.7 Å². The summed E-state index contributed by atoms with van der Waals surface area (Å²) in [6.45, 7) is 7.38. The molecule has 2 aliphatic heterocycles. The van der Waals surface area contributed by atoms with Crippen molar-refractivity contribution in [3.05, 3.63) is 84.8 Å². The number of aryl methyl sites for hydroxylation is 2. The summed E-state index contributed by atoms with van der Waals surface area (Å²) >= 11 is 12.1. The molecule has 2 aliphatic rings. The van der Waals surface area contributed by atoms with E-state index < -0.39 is 61.8 Å². The zero-order chi connectivity index (χ0) is 35.5. The van der Waals surface area contributed by atoms with Gasteiger partial charge in [0.15, 0.2) is 5.82 Å². The van der Waals surface area contributed by atoms with Gasteiger partial charge >= 0.3 is 6.18 Å². The van der Waals surface area contributed by atoms with Gasteiger partial charge in [0.2, 0.25) is 11.7 Å². The van der Waals surface area contributed by atoms with Crippen LogP contribution in [0.2, 0.25) is 10.0 Å². The number of fused-ring (bicyclic) bond motifs is 5. The van der Waals surface area contributed by atoms with E-state index in [4.69, 9.17) is 33.7 Å². The maximum absolute atomic E-state index is 15.7. The molecule has 1 saturated heterocycles. The first-order valence-corrected chi connectivity index (χ1v) is 16.0. The first-order valence-electron chi connectivity index (χ1n) is 15.3. The third-order valence-corrected chi connectivity index (χ3v) is 9.38. The summed E-state index contributed by atoms with van der Waals surface area (Å²) < 4.78 is 68.0. The number of hydrogen-bond donors (Lipinski definition) is 1. The molecule has 17 heteroatoms. The highest BCUT2D eigenvalue weighted by Crippen LogP contribution is 2.43. The van der Waals surface area contributed by atoms with E-state index in [0.29, 0.717) is 17.5 Å². The zero-order valence-corrected chi connectivity index (χ0v) is 27.7. The van der Waals surface area contributed by atoms with Crippen LogP contribution in [-0.4, -0.2) is 62.2 Å². The number of nitrogens with zero attached hydrogens (tertiary/aromatic N) is 6. The van der Waals surface area contributed by atoms with Gasteiger partial charge in [0.05, 0.1) is 51.1 Å². The number of anilines is 2. The summed E-state index contributed by atoms with van der Waals surface area (Å²) in [7, 11) is 0. The molecule has 0 aliphatic carbocycles. The Morgan fingerprint density at radius 1 is 1.04 bits per heavy atom. The number of amides is 1. The normalized spacial score (nSPS) is 16.2. The average Bonchev–Trinajstić information content (AvgIpc) is 3.27. The van der Waals surface area contributed by atoms with Crippen molar-refractivity contribution >= 4 is 51.4 Å². The van der Waals surface area contributed by atoms with Gasteiger partial charge in [0, 0.05) is 31.4 Å². The van der Waals surface area contributed by atoms with Crippen LogP contribution in [0.3, 0.4) is 0 Å². The molecule has 1 atom stereocenters. The van der Waals surface area contributed by atoms with Crippen LogP contribution < -0.4 is 26.5 Å². The predicted octanol–water partition coefficient (Wildman–Crippen LogP) is 5.09. The second-order valence-corrected chi connectivity index (χ2v) is 12.3. The molecule has 49 heavy (non-hydrogen) atoms. The van der Waals surface area contributed by atoms with Crippen molar-refractivity contribution in [3.8, 4) is 17.1 Å². The van der Waals surface area contributed by atoms with Gasteiger partial charge in [-0.25, -0.2) is 14.4 Å². The van der Waals surface area contributed by atoms with Gasteiger partial charge in [-0.2, -0.15) is 13.2 Å². The van der Waals surface area contributed by atoms with E-state index in [1.807, 2.05) is 0 Å². The van der Waals surface area contributed by atoms with Crippen LogP contribution in [0.4, 0.5) is 28.9 Å². The number of alkyl halides is 3. The predicted molar refractivity (Wildman–Crippen MR) is 177 cm³/mol. The third-order valence-electron chi connectivity index (χ3n) is 8.79. The number of carbonyl (C=O) groups is 1. The molecule has 4 aromatic rings. The Balaban J connectivity index is 1.85. The smallest absolute Gasteiger partial charge is 0.431 e. The number of piperazine rings is 1. The van der Waals surface area contributed by atoms with E-state index in [1.165, 1.54) is 11.2 Å².